The lowest BCUT2D eigenvalue weighted by atomic mass is 9.95. The molecule has 9 heteroatoms. The molecule has 2 aromatic rings. The number of methoxy groups -OCH3 is 1. The number of aromatic nitrogens is 2. The van der Waals surface area contributed by atoms with E-state index in [9.17, 15) is 13.2 Å². The molecule has 0 amide bonds. The molecule has 0 bridgehead atoms. The molecule has 2 atom stereocenters. The number of likely N-dealkylation sites (tertiary alicyclic amines) is 1. The number of halogens is 3. The van der Waals surface area contributed by atoms with E-state index in [1.54, 1.807) is 12.1 Å². The van der Waals surface area contributed by atoms with Crippen LogP contribution in [0.2, 0.25) is 0 Å². The first-order valence-corrected chi connectivity index (χ1v) is 9.98. The van der Waals surface area contributed by atoms with Crippen LogP contribution in [0, 0.1) is 0 Å². The molecule has 0 saturated carbocycles. The van der Waals surface area contributed by atoms with Crippen molar-refractivity contribution in [1.29, 1.82) is 0 Å². The van der Waals surface area contributed by atoms with E-state index in [0.717, 1.165) is 11.1 Å². The normalized spacial score (nSPS) is 22.1. The lowest BCUT2D eigenvalue weighted by Crippen LogP contribution is -2.45. The highest BCUT2D eigenvalue weighted by Crippen LogP contribution is 2.37. The van der Waals surface area contributed by atoms with Gasteiger partial charge in [-0.3, -0.25) is 0 Å². The van der Waals surface area contributed by atoms with E-state index in [2.05, 4.69) is 15.5 Å². The molecular formula is C21H25F3N4O2. The minimum absolute atomic E-state index is 0.0940. The smallest absolute Gasteiger partial charge is 0.264 e. The van der Waals surface area contributed by atoms with Crippen LogP contribution in [0.5, 0.6) is 5.75 Å². The molecule has 0 aliphatic carbocycles. The highest BCUT2D eigenvalue weighted by molar-refractivity contribution is 5.71. The van der Waals surface area contributed by atoms with E-state index in [4.69, 9.17) is 9.47 Å². The maximum atomic E-state index is 14.0. The Balaban J connectivity index is 1.72. The third-order valence-corrected chi connectivity index (χ3v) is 5.60. The number of nitrogens with one attached hydrogen (secondary N) is 1. The Morgan fingerprint density at radius 2 is 2.07 bits per heavy atom. The molecule has 30 heavy (non-hydrogen) atoms. The molecule has 0 unspecified atom stereocenters. The van der Waals surface area contributed by atoms with Crippen LogP contribution < -0.4 is 10.1 Å². The number of anilines is 1. The van der Waals surface area contributed by atoms with Gasteiger partial charge in [-0.2, -0.15) is 0 Å². The fourth-order valence-corrected chi connectivity index (χ4v) is 4.22. The second kappa shape index (κ2) is 8.77. The summed E-state index contributed by atoms with van der Waals surface area (Å²) in [6, 6.07) is 4.44. The Kier molecular flexibility index (Phi) is 6.10. The molecule has 0 spiro atoms. The Bertz CT molecular complexity index is 902. The quantitative estimate of drug-likeness (QED) is 0.794. The summed E-state index contributed by atoms with van der Waals surface area (Å²) in [7, 11) is 3.32. The minimum Gasteiger partial charge on any atom is -0.497 e. The number of nitrogens with zero attached hydrogens (tertiary/aromatic N) is 3. The Morgan fingerprint density at radius 1 is 1.23 bits per heavy atom. The lowest BCUT2D eigenvalue weighted by Gasteiger charge is -2.33. The van der Waals surface area contributed by atoms with E-state index in [-0.39, 0.29) is 18.2 Å². The molecule has 1 aromatic heterocycles. The van der Waals surface area contributed by atoms with Crippen molar-refractivity contribution in [3.63, 3.8) is 0 Å². The van der Waals surface area contributed by atoms with Gasteiger partial charge in [0, 0.05) is 47.8 Å². The van der Waals surface area contributed by atoms with Gasteiger partial charge in [0.25, 0.3) is 6.43 Å². The van der Waals surface area contributed by atoms with Crippen LogP contribution in [-0.2, 0) is 17.8 Å². The number of alkyl halides is 3. The summed E-state index contributed by atoms with van der Waals surface area (Å²) in [5.74, 6) is 0.935. The van der Waals surface area contributed by atoms with Crippen LogP contribution in [-0.4, -0.2) is 61.2 Å². The Morgan fingerprint density at radius 3 is 2.80 bits per heavy atom. The van der Waals surface area contributed by atoms with Crippen molar-refractivity contribution in [2.75, 3.05) is 39.2 Å². The van der Waals surface area contributed by atoms with E-state index >= 15 is 0 Å². The lowest BCUT2D eigenvalue weighted by molar-refractivity contribution is 0.110. The topological polar surface area (TPSA) is 59.5 Å². The van der Waals surface area contributed by atoms with Crippen molar-refractivity contribution in [2.24, 2.45) is 0 Å². The molecule has 3 heterocycles. The molecular weight excluding hydrogens is 397 g/mol. The minimum atomic E-state index is -2.69. The molecule has 1 fully saturated rings. The van der Waals surface area contributed by atoms with Gasteiger partial charge in [-0.15, -0.1) is 10.2 Å². The maximum absolute atomic E-state index is 14.0. The van der Waals surface area contributed by atoms with Crippen LogP contribution >= 0.6 is 0 Å². The molecule has 0 radical (unpaired) electrons. The zero-order chi connectivity index (χ0) is 21.3. The standard InChI is InChI=1S/C21H25F3N4O2/c1-28-9-12(22)7-13(10-28)25-21-16-5-6-30-11-18(16)19(26-27-21)15-4-3-14(29-2)8-17(15)20(23)24/h3-4,8,12-13,20H,5-7,9-11H2,1-2H3,(H,25,27)/t12-,13-/m1/s1. The van der Waals surface area contributed by atoms with Gasteiger partial charge in [0.2, 0.25) is 0 Å². The molecule has 6 nitrogen and oxygen atoms in total. The van der Waals surface area contributed by atoms with Crippen molar-refractivity contribution in [3.05, 3.63) is 34.9 Å². The summed E-state index contributed by atoms with van der Waals surface area (Å²) in [5, 5.41) is 11.9. The van der Waals surface area contributed by atoms with E-state index in [1.807, 2.05) is 11.9 Å². The molecule has 4 rings (SSSR count). The zero-order valence-electron chi connectivity index (χ0n) is 17.0. The van der Waals surface area contributed by atoms with Crippen molar-refractivity contribution in [2.45, 2.75) is 38.1 Å². The summed E-state index contributed by atoms with van der Waals surface area (Å²) in [6.45, 7) is 1.89. The van der Waals surface area contributed by atoms with Gasteiger partial charge < -0.3 is 19.7 Å². The zero-order valence-corrected chi connectivity index (χ0v) is 17.0. The highest BCUT2D eigenvalue weighted by Gasteiger charge is 2.29. The molecule has 2 aliphatic rings. The van der Waals surface area contributed by atoms with Gasteiger partial charge >= 0.3 is 0 Å². The van der Waals surface area contributed by atoms with Crippen LogP contribution in [0.1, 0.15) is 29.5 Å². The SMILES string of the molecule is COc1ccc(-c2nnc(N[C@@H]3C[C@@H](F)CN(C)C3)c3c2COCC3)c(C(F)F)c1. The summed E-state index contributed by atoms with van der Waals surface area (Å²) >= 11 is 0. The summed E-state index contributed by atoms with van der Waals surface area (Å²) in [4.78, 5) is 1.94. The first-order valence-electron chi connectivity index (χ1n) is 9.98. The van der Waals surface area contributed by atoms with Crippen LogP contribution in [0.3, 0.4) is 0 Å². The molecule has 2 aliphatic heterocycles. The third-order valence-electron chi connectivity index (χ3n) is 5.60. The van der Waals surface area contributed by atoms with E-state index < -0.39 is 12.6 Å². The fourth-order valence-electron chi connectivity index (χ4n) is 4.22. The van der Waals surface area contributed by atoms with Crippen LogP contribution in [0.25, 0.3) is 11.3 Å². The van der Waals surface area contributed by atoms with Crippen molar-refractivity contribution >= 4 is 5.82 Å². The van der Waals surface area contributed by atoms with Gasteiger partial charge in [-0.1, -0.05) is 0 Å². The number of hydrogen-bond acceptors (Lipinski definition) is 6. The van der Waals surface area contributed by atoms with Gasteiger partial charge in [0.05, 0.1) is 26.0 Å². The maximum Gasteiger partial charge on any atom is 0.264 e. The van der Waals surface area contributed by atoms with Crippen molar-refractivity contribution in [1.82, 2.24) is 15.1 Å². The molecule has 1 saturated heterocycles. The highest BCUT2D eigenvalue weighted by atomic mass is 19.3. The predicted molar refractivity (Wildman–Crippen MR) is 107 cm³/mol. The average molecular weight is 422 g/mol. The number of fused-ring (bicyclic) bond motifs is 1. The number of rotatable bonds is 5. The van der Waals surface area contributed by atoms with Gasteiger partial charge in [0.15, 0.2) is 5.82 Å². The van der Waals surface area contributed by atoms with Crippen LogP contribution in [0.4, 0.5) is 19.0 Å². The third kappa shape index (κ3) is 4.22. The Labute approximate surface area is 173 Å². The number of likely N-dealkylation sites (N-methyl/N-ethyl adjacent to an activating group) is 1. The second-order valence-corrected chi connectivity index (χ2v) is 7.81. The second-order valence-electron chi connectivity index (χ2n) is 7.81. The molecule has 1 aromatic carbocycles. The Hall–Kier alpha value is -2.39. The average Bonchev–Trinajstić information content (AvgIpc) is 2.73. The van der Waals surface area contributed by atoms with Crippen molar-refractivity contribution < 1.29 is 22.6 Å². The molecule has 1 N–H and O–H groups in total. The van der Waals surface area contributed by atoms with Gasteiger partial charge in [-0.25, -0.2) is 13.2 Å². The summed E-state index contributed by atoms with van der Waals surface area (Å²) in [6.07, 6.45) is -2.61. The van der Waals surface area contributed by atoms with E-state index in [0.29, 0.717) is 55.4 Å². The monoisotopic (exact) mass is 422 g/mol. The molecule has 162 valence electrons. The van der Waals surface area contributed by atoms with Gasteiger partial charge in [0.1, 0.15) is 11.9 Å². The first kappa shape index (κ1) is 20.9. The number of benzene rings is 1. The number of hydrogen-bond donors (Lipinski definition) is 1. The van der Waals surface area contributed by atoms with Crippen molar-refractivity contribution in [3.8, 4) is 17.0 Å². The van der Waals surface area contributed by atoms with E-state index in [1.165, 1.54) is 13.2 Å². The summed E-state index contributed by atoms with van der Waals surface area (Å²) in [5.41, 5.74) is 2.18. The fraction of sp³-hybridized carbons (Fsp3) is 0.524. The first-order chi connectivity index (χ1) is 14.5. The summed E-state index contributed by atoms with van der Waals surface area (Å²) < 4.78 is 52.1. The number of piperidine rings is 1. The van der Waals surface area contributed by atoms with Gasteiger partial charge in [-0.05, 0) is 31.7 Å². The van der Waals surface area contributed by atoms with Crippen LogP contribution in [0.15, 0.2) is 18.2 Å². The number of ether oxygens (including phenoxy) is 2. The predicted octanol–water partition coefficient (Wildman–Crippen LogP) is 3.62. The largest absolute Gasteiger partial charge is 0.497 e.